The van der Waals surface area contributed by atoms with Crippen LogP contribution in [0.1, 0.15) is 86.9 Å². The number of hydrogen-bond donors (Lipinski definition) is 10. The predicted molar refractivity (Wildman–Crippen MR) is 244 cm³/mol. The molecule has 1 fully saturated rings. The van der Waals surface area contributed by atoms with Crippen LogP contribution in [-0.2, 0) is 72.9 Å². The summed E-state index contributed by atoms with van der Waals surface area (Å²) in [7, 11) is 1.53. The number of likely N-dealkylation sites (N-methyl/N-ethyl adjacent to an activating group) is 1. The average Bonchev–Trinajstić information content (AvgIpc) is 3.69. The number of carbonyl (C=O) groups excluding carboxylic acids is 5. The number of aromatic nitrogens is 2. The van der Waals surface area contributed by atoms with Crippen molar-refractivity contribution < 1.29 is 77.6 Å². The lowest BCUT2D eigenvalue weighted by Gasteiger charge is -2.38. The van der Waals surface area contributed by atoms with Gasteiger partial charge in [0.2, 0.25) is 23.6 Å². The van der Waals surface area contributed by atoms with Crippen LogP contribution in [-0.4, -0.2) is 147 Å². The zero-order valence-electron chi connectivity index (χ0n) is 40.2. The normalized spacial score (nSPS) is 24.3. The minimum Gasteiger partial charge on any atom is -0.479 e. The number of amides is 4. The number of hydrogen-bond acceptors (Lipinski definition) is 17. The molecular weight excluding hydrogens is 938 g/mol. The van der Waals surface area contributed by atoms with Crippen molar-refractivity contribution >= 4 is 46.5 Å². The molecular formula is C47H60FN7O16. The van der Waals surface area contributed by atoms with Gasteiger partial charge in [0.25, 0.3) is 5.56 Å². The number of carboxylic acid groups (broad SMARTS) is 1. The van der Waals surface area contributed by atoms with E-state index in [0.29, 0.717) is 57.4 Å². The molecule has 386 valence electrons. The number of rotatable bonds is 18. The summed E-state index contributed by atoms with van der Waals surface area (Å²) in [4.78, 5) is 97.3. The molecule has 4 amide bonds. The van der Waals surface area contributed by atoms with E-state index in [0.717, 1.165) is 0 Å². The Hall–Kier alpha value is -5.99. The second kappa shape index (κ2) is 20.6. The third-order valence-electron chi connectivity index (χ3n) is 13.6. The van der Waals surface area contributed by atoms with E-state index in [1.807, 2.05) is 0 Å². The van der Waals surface area contributed by atoms with Crippen molar-refractivity contribution in [2.24, 2.45) is 11.3 Å². The Morgan fingerprint density at radius 3 is 2.41 bits per heavy atom. The van der Waals surface area contributed by atoms with E-state index in [1.54, 1.807) is 47.6 Å². The van der Waals surface area contributed by atoms with Crippen LogP contribution in [0, 0.1) is 24.1 Å². The highest BCUT2D eigenvalue weighted by Crippen LogP contribution is 2.46. The summed E-state index contributed by atoms with van der Waals surface area (Å²) in [5.41, 5.74) is -0.302. The van der Waals surface area contributed by atoms with E-state index >= 15 is 4.39 Å². The molecule has 7 rings (SSSR count). The number of esters is 1. The van der Waals surface area contributed by atoms with Crippen LogP contribution in [0.2, 0.25) is 0 Å². The van der Waals surface area contributed by atoms with Crippen molar-refractivity contribution in [3.63, 3.8) is 0 Å². The molecule has 2 aromatic heterocycles. The lowest BCUT2D eigenvalue weighted by molar-refractivity contribution is -0.294. The summed E-state index contributed by atoms with van der Waals surface area (Å²) in [5.74, 6) is -6.26. The monoisotopic (exact) mass is 997 g/mol. The van der Waals surface area contributed by atoms with Crippen LogP contribution in [0.25, 0.3) is 22.3 Å². The van der Waals surface area contributed by atoms with E-state index in [9.17, 15) is 59.1 Å². The lowest BCUT2D eigenvalue weighted by atomic mass is 9.81. The number of aliphatic carboxylic acids is 1. The highest BCUT2D eigenvalue weighted by molar-refractivity contribution is 5.95. The molecule has 1 aliphatic carbocycles. The summed E-state index contributed by atoms with van der Waals surface area (Å²) in [6.45, 7) is 7.74. The highest BCUT2D eigenvalue weighted by Gasteiger charge is 2.49. The largest absolute Gasteiger partial charge is 0.479 e. The molecule has 0 unspecified atom stereocenters. The number of nitrogens with one attached hydrogen (secondary N) is 5. The molecule has 3 aliphatic heterocycles. The number of halogens is 1. The molecule has 4 aliphatic rings. The summed E-state index contributed by atoms with van der Waals surface area (Å²) in [6, 6.07) is -0.566. The van der Waals surface area contributed by atoms with Crippen LogP contribution in [0.15, 0.2) is 16.9 Å². The second-order valence-electron chi connectivity index (χ2n) is 19.2. The van der Waals surface area contributed by atoms with Gasteiger partial charge in [-0.15, -0.1) is 0 Å². The quantitative estimate of drug-likeness (QED) is 0.0308. The van der Waals surface area contributed by atoms with Crippen molar-refractivity contribution in [2.45, 2.75) is 128 Å². The first-order valence-electron chi connectivity index (χ1n) is 23.2. The van der Waals surface area contributed by atoms with Crippen LogP contribution >= 0.6 is 0 Å². The van der Waals surface area contributed by atoms with Crippen LogP contribution < -0.4 is 32.1 Å². The molecule has 5 heterocycles. The number of aryl methyl sites for hydroxylation is 1. The van der Waals surface area contributed by atoms with Crippen LogP contribution in [0.3, 0.4) is 0 Å². The van der Waals surface area contributed by atoms with Gasteiger partial charge >= 0.3 is 11.9 Å². The first-order chi connectivity index (χ1) is 33.4. The van der Waals surface area contributed by atoms with Crippen molar-refractivity contribution in [1.82, 2.24) is 36.1 Å². The lowest BCUT2D eigenvalue weighted by Crippen LogP contribution is -2.61. The van der Waals surface area contributed by atoms with Gasteiger partial charge in [0.05, 0.1) is 60.2 Å². The third kappa shape index (κ3) is 9.98. The molecule has 1 aromatic carbocycles. The Bertz CT molecular complexity index is 2710. The Morgan fingerprint density at radius 1 is 1.03 bits per heavy atom. The van der Waals surface area contributed by atoms with E-state index in [4.69, 9.17) is 23.9 Å². The Balaban J connectivity index is 1.07. The van der Waals surface area contributed by atoms with Gasteiger partial charge in [-0.2, -0.15) is 0 Å². The zero-order valence-corrected chi connectivity index (χ0v) is 40.2. The van der Waals surface area contributed by atoms with Crippen molar-refractivity contribution in [1.29, 1.82) is 0 Å². The fourth-order valence-corrected chi connectivity index (χ4v) is 9.41. The van der Waals surface area contributed by atoms with E-state index in [1.165, 1.54) is 17.7 Å². The van der Waals surface area contributed by atoms with Gasteiger partial charge in [0.15, 0.2) is 18.0 Å². The molecule has 0 saturated carbocycles. The minimum atomic E-state index is -2.07. The van der Waals surface area contributed by atoms with E-state index in [-0.39, 0.29) is 43.9 Å². The van der Waals surface area contributed by atoms with Crippen molar-refractivity contribution in [2.75, 3.05) is 33.5 Å². The number of pyridine rings is 2. The third-order valence-corrected chi connectivity index (χ3v) is 13.6. The van der Waals surface area contributed by atoms with E-state index in [2.05, 4.69) is 26.6 Å². The maximum absolute atomic E-state index is 15.5. The molecule has 3 aromatic rings. The summed E-state index contributed by atoms with van der Waals surface area (Å²) < 4.78 is 38.6. The first-order valence-corrected chi connectivity index (χ1v) is 23.2. The van der Waals surface area contributed by atoms with Gasteiger partial charge in [-0.1, -0.05) is 20.8 Å². The number of ether oxygens (including phenoxy) is 4. The standard InChI is InChI=1S/C47H60FN7O16/c1-8-47(67)24-11-29-34-22(14-55(29)41(62)23(24)15-70-45(47)66)32-26(10-9-21-20(4)25(48)12-27(51-34)31(21)32)53-44(65)46(5,6)17-68-18-50-39(60)28(52-40(61)33(19(2)3)54-30(56)13-49-7)16-69-43-37(59)35(57)36(58)38(71-43)42(63)64/h11-12,19,26,28,33,35-38,43,49,57-59,67H,8-10,13-18H2,1-7H3,(H,50,60)(H,52,61)(H,53,65)(H,54,56)(H,63,64)/t26-,28-,33-,35-,36-,37+,38-,43+,47-/m0/s1. The number of cyclic esters (lactones) is 1. The number of carbonyl (C=O) groups is 6. The maximum Gasteiger partial charge on any atom is 0.343 e. The second-order valence-corrected chi connectivity index (χ2v) is 19.2. The SMILES string of the molecule is CC[C@@]1(O)C(=O)OCc2c1cc1n(c2=O)Cc2c-1nc1cc(F)c(C)c3c1c2[C@@H](NC(=O)C(C)(C)COCNC(=O)[C@H](CO[C@@H]1O[C@H](C(=O)O)[C@@H](O)[C@H](O)[C@H]1O)NC(=O)[C@@H](NC(=O)CNC)C(C)C)CC3. The van der Waals surface area contributed by atoms with Gasteiger partial charge in [-0.3, -0.25) is 24.0 Å². The fraction of sp³-hybridized carbons (Fsp3) is 0.574. The Labute approximate surface area is 405 Å². The maximum atomic E-state index is 15.5. The molecule has 23 nitrogen and oxygen atoms in total. The van der Waals surface area contributed by atoms with Gasteiger partial charge < -0.3 is 75.6 Å². The molecule has 10 N–H and O–H groups in total. The number of aliphatic hydroxyl groups is 4. The molecule has 24 heteroatoms. The number of carboxylic acids is 1. The van der Waals surface area contributed by atoms with Gasteiger partial charge in [0, 0.05) is 22.6 Å². The van der Waals surface area contributed by atoms with E-state index < -0.39 is 126 Å². The predicted octanol–water partition coefficient (Wildman–Crippen LogP) is -1.50. The van der Waals surface area contributed by atoms with Crippen molar-refractivity contribution in [3.05, 3.63) is 61.7 Å². The topological polar surface area (TPSA) is 336 Å². The van der Waals surface area contributed by atoms with Crippen LogP contribution in [0.4, 0.5) is 4.39 Å². The molecule has 71 heavy (non-hydrogen) atoms. The number of aliphatic hydroxyl groups excluding tert-OH is 3. The Kier molecular flexibility index (Phi) is 15.3. The summed E-state index contributed by atoms with van der Waals surface area (Å²) in [5, 5.41) is 65.7. The average molecular weight is 998 g/mol. The molecule has 0 spiro atoms. The summed E-state index contributed by atoms with van der Waals surface area (Å²) >= 11 is 0. The molecule has 0 bridgehead atoms. The summed E-state index contributed by atoms with van der Waals surface area (Å²) in [6.07, 6.45) is -9.26. The minimum absolute atomic E-state index is 0.0276. The number of nitrogens with zero attached hydrogens (tertiary/aromatic N) is 2. The van der Waals surface area contributed by atoms with Crippen LogP contribution in [0.5, 0.6) is 0 Å². The Morgan fingerprint density at radius 2 is 1.75 bits per heavy atom. The van der Waals surface area contributed by atoms with Crippen molar-refractivity contribution in [3.8, 4) is 11.4 Å². The highest BCUT2D eigenvalue weighted by atomic mass is 19.1. The smallest absolute Gasteiger partial charge is 0.343 e. The van der Waals surface area contributed by atoms with Gasteiger partial charge in [-0.25, -0.2) is 19.0 Å². The zero-order chi connectivity index (χ0) is 52.0. The first kappa shape index (κ1) is 52.8. The number of benzene rings is 1. The number of fused-ring (bicyclic) bond motifs is 5. The molecule has 1 saturated heterocycles. The fourth-order valence-electron chi connectivity index (χ4n) is 9.41. The molecule has 9 atom stereocenters. The van der Waals surface area contributed by atoms with Gasteiger partial charge in [-0.05, 0) is 75.8 Å². The van der Waals surface area contributed by atoms with Gasteiger partial charge in [0.1, 0.15) is 49.6 Å². The molecule has 0 radical (unpaired) electrons.